The van der Waals surface area contributed by atoms with E-state index in [1.54, 1.807) is 6.07 Å². The Balaban J connectivity index is 2.29. The van der Waals surface area contributed by atoms with Crippen LogP contribution in [-0.2, 0) is 0 Å². The maximum Gasteiger partial charge on any atom is 0.288 e. The van der Waals surface area contributed by atoms with Crippen molar-refractivity contribution in [1.82, 2.24) is 15.2 Å². The minimum absolute atomic E-state index is 0.0848. The number of anilines is 1. The third-order valence-corrected chi connectivity index (χ3v) is 2.96. The molecule has 0 aliphatic carbocycles. The summed E-state index contributed by atoms with van der Waals surface area (Å²) in [5.41, 5.74) is 1.08. The third kappa shape index (κ3) is 3.05. The third-order valence-electron chi connectivity index (χ3n) is 2.79. The number of phenols is 1. The van der Waals surface area contributed by atoms with Crippen LogP contribution in [-0.4, -0.2) is 33.4 Å². The first kappa shape index (κ1) is 14.3. The van der Waals surface area contributed by atoms with Crippen LogP contribution in [0.25, 0.3) is 0 Å². The van der Waals surface area contributed by atoms with Crippen LogP contribution >= 0.6 is 11.6 Å². The fourth-order valence-electron chi connectivity index (χ4n) is 1.80. The molecule has 2 N–H and O–H groups in total. The first-order valence-corrected chi connectivity index (χ1v) is 6.60. The van der Waals surface area contributed by atoms with Crippen molar-refractivity contribution in [1.29, 1.82) is 0 Å². The molecule has 0 saturated carbocycles. The summed E-state index contributed by atoms with van der Waals surface area (Å²) in [5, 5.41) is 24.3. The van der Waals surface area contributed by atoms with Gasteiger partial charge in [0, 0.05) is 13.1 Å². The fraction of sp³-hybridized carbons (Fsp3) is 0.333. The number of halogens is 1. The van der Waals surface area contributed by atoms with Gasteiger partial charge in [0.15, 0.2) is 5.75 Å². The van der Waals surface area contributed by atoms with Gasteiger partial charge < -0.3 is 10.0 Å². The van der Waals surface area contributed by atoms with Gasteiger partial charge in [0.25, 0.3) is 5.95 Å². The van der Waals surface area contributed by atoms with Crippen LogP contribution < -0.4 is 4.90 Å². The molecule has 0 spiro atoms. The number of para-hydroxylation sites is 1. The monoisotopic (exact) mass is 294 g/mol. The lowest BCUT2D eigenvalue weighted by molar-refractivity contribution is 0.475. The Bertz CT molecular complexity index is 608. The highest BCUT2D eigenvalue weighted by Crippen LogP contribution is 2.36. The minimum atomic E-state index is 0.0848. The minimum Gasteiger partial charge on any atom is -0.504 e. The molecule has 1 aromatic carbocycles. The molecule has 7 nitrogen and oxygen atoms in total. The van der Waals surface area contributed by atoms with Crippen LogP contribution in [0.5, 0.6) is 5.75 Å². The van der Waals surface area contributed by atoms with E-state index < -0.39 is 0 Å². The Morgan fingerprint density at radius 3 is 2.65 bits per heavy atom. The van der Waals surface area contributed by atoms with Gasteiger partial charge in [-0.2, -0.15) is 4.98 Å². The van der Waals surface area contributed by atoms with E-state index in [-0.39, 0.29) is 17.0 Å². The number of azo groups is 1. The second kappa shape index (κ2) is 6.33. The van der Waals surface area contributed by atoms with Gasteiger partial charge in [0.2, 0.25) is 5.28 Å². The Labute approximate surface area is 121 Å². The molecule has 0 saturated heterocycles. The summed E-state index contributed by atoms with van der Waals surface area (Å²) in [6.07, 6.45) is 0. The topological polar surface area (TPSA) is 89.8 Å². The van der Waals surface area contributed by atoms with Crippen molar-refractivity contribution < 1.29 is 5.11 Å². The summed E-state index contributed by atoms with van der Waals surface area (Å²) in [4.78, 5) is 5.82. The zero-order valence-electron chi connectivity index (χ0n) is 11.2. The summed E-state index contributed by atoms with van der Waals surface area (Å²) >= 11 is 5.59. The molecule has 0 unspecified atom stereocenters. The number of phenolic OH excluding ortho intramolecular Hbond substituents is 1. The second-order valence-corrected chi connectivity index (χ2v) is 4.30. The lowest BCUT2D eigenvalue weighted by Gasteiger charge is -2.22. The van der Waals surface area contributed by atoms with Crippen LogP contribution in [0.1, 0.15) is 13.8 Å². The molecule has 0 atom stereocenters. The van der Waals surface area contributed by atoms with E-state index in [2.05, 4.69) is 25.4 Å². The van der Waals surface area contributed by atoms with Crippen molar-refractivity contribution in [2.75, 3.05) is 18.0 Å². The molecule has 1 heterocycles. The number of H-pyrrole nitrogens is 1. The first-order valence-electron chi connectivity index (χ1n) is 6.22. The van der Waals surface area contributed by atoms with Crippen LogP contribution in [0.15, 0.2) is 28.4 Å². The Morgan fingerprint density at radius 2 is 2.05 bits per heavy atom. The summed E-state index contributed by atoms with van der Waals surface area (Å²) in [6.45, 7) is 5.63. The van der Waals surface area contributed by atoms with Crippen LogP contribution in [0.4, 0.5) is 17.3 Å². The summed E-state index contributed by atoms with van der Waals surface area (Å²) in [5.74, 6) is 0.198. The number of aromatic nitrogens is 3. The predicted molar refractivity (Wildman–Crippen MR) is 77.2 cm³/mol. The molecular weight excluding hydrogens is 280 g/mol. The SMILES string of the molecule is CCN(CC)c1cccc(N=Nc2n[nH]c(Cl)n2)c1O. The number of nitrogens with zero attached hydrogens (tertiary/aromatic N) is 5. The molecule has 0 fully saturated rings. The van der Waals surface area contributed by atoms with Crippen molar-refractivity contribution in [3.63, 3.8) is 0 Å². The van der Waals surface area contributed by atoms with Crippen molar-refractivity contribution in [3.05, 3.63) is 23.5 Å². The van der Waals surface area contributed by atoms with E-state index >= 15 is 0 Å². The van der Waals surface area contributed by atoms with Crippen LogP contribution in [0, 0.1) is 0 Å². The van der Waals surface area contributed by atoms with E-state index in [0.717, 1.165) is 18.8 Å². The zero-order valence-corrected chi connectivity index (χ0v) is 12.0. The van der Waals surface area contributed by atoms with Crippen molar-refractivity contribution in [2.45, 2.75) is 13.8 Å². The summed E-state index contributed by atoms with van der Waals surface area (Å²) < 4.78 is 0. The lowest BCUT2D eigenvalue weighted by Crippen LogP contribution is -2.21. The molecule has 0 amide bonds. The average molecular weight is 295 g/mol. The van der Waals surface area contributed by atoms with Crippen LogP contribution in [0.2, 0.25) is 5.28 Å². The molecule has 8 heteroatoms. The van der Waals surface area contributed by atoms with Crippen molar-refractivity contribution in [3.8, 4) is 5.75 Å². The maximum atomic E-state index is 10.2. The van der Waals surface area contributed by atoms with Gasteiger partial charge in [-0.3, -0.25) is 0 Å². The molecule has 0 aliphatic heterocycles. The van der Waals surface area contributed by atoms with E-state index in [1.807, 2.05) is 30.9 Å². The lowest BCUT2D eigenvalue weighted by atomic mass is 10.2. The number of aromatic amines is 1. The molecule has 20 heavy (non-hydrogen) atoms. The number of benzene rings is 1. The molecular formula is C12H15ClN6O. The van der Waals surface area contributed by atoms with E-state index in [4.69, 9.17) is 11.6 Å². The van der Waals surface area contributed by atoms with Gasteiger partial charge in [-0.25, -0.2) is 5.10 Å². The number of hydrogen-bond donors (Lipinski definition) is 2. The standard InChI is InChI=1S/C12H15ClN6O/c1-3-19(4-2)9-7-5-6-8(10(9)20)15-17-12-14-11(13)16-18-12/h5-7,20H,3-4H2,1-2H3,(H,14,16,18). The Kier molecular flexibility index (Phi) is 4.52. The first-order chi connectivity index (χ1) is 9.65. The highest BCUT2D eigenvalue weighted by atomic mass is 35.5. The Morgan fingerprint density at radius 1 is 1.30 bits per heavy atom. The Hall–Kier alpha value is -2.15. The molecule has 2 aromatic rings. The smallest absolute Gasteiger partial charge is 0.288 e. The van der Waals surface area contributed by atoms with Gasteiger partial charge in [-0.15, -0.1) is 15.3 Å². The van der Waals surface area contributed by atoms with Crippen molar-refractivity contribution >= 4 is 28.9 Å². The molecule has 106 valence electrons. The number of hydrogen-bond acceptors (Lipinski definition) is 6. The average Bonchev–Trinajstić information content (AvgIpc) is 2.86. The normalized spacial score (nSPS) is 11.2. The molecule has 2 rings (SSSR count). The summed E-state index contributed by atoms with van der Waals surface area (Å²) in [6, 6.07) is 5.32. The van der Waals surface area contributed by atoms with E-state index in [1.165, 1.54) is 0 Å². The van der Waals surface area contributed by atoms with Crippen molar-refractivity contribution in [2.24, 2.45) is 10.2 Å². The molecule has 0 aliphatic rings. The quantitative estimate of drug-likeness (QED) is 0.827. The van der Waals surface area contributed by atoms with Gasteiger partial charge in [-0.05, 0) is 37.6 Å². The largest absolute Gasteiger partial charge is 0.504 e. The highest BCUT2D eigenvalue weighted by Gasteiger charge is 2.11. The molecule has 0 bridgehead atoms. The van der Waals surface area contributed by atoms with Gasteiger partial charge >= 0.3 is 0 Å². The number of rotatable bonds is 5. The van der Waals surface area contributed by atoms with Crippen LogP contribution in [0.3, 0.4) is 0 Å². The second-order valence-electron chi connectivity index (χ2n) is 3.94. The fourth-order valence-corrected chi connectivity index (χ4v) is 1.91. The molecule has 1 aromatic heterocycles. The predicted octanol–water partition coefficient (Wildman–Crippen LogP) is 3.43. The maximum absolute atomic E-state index is 10.2. The van der Waals surface area contributed by atoms with E-state index in [0.29, 0.717) is 5.69 Å². The highest BCUT2D eigenvalue weighted by molar-refractivity contribution is 6.28. The van der Waals surface area contributed by atoms with Gasteiger partial charge in [0.1, 0.15) is 5.69 Å². The van der Waals surface area contributed by atoms with E-state index in [9.17, 15) is 5.11 Å². The van der Waals surface area contributed by atoms with Gasteiger partial charge in [0.05, 0.1) is 5.69 Å². The van der Waals surface area contributed by atoms with Gasteiger partial charge in [-0.1, -0.05) is 6.07 Å². The summed E-state index contributed by atoms with van der Waals surface area (Å²) in [7, 11) is 0. The molecule has 0 radical (unpaired) electrons. The number of nitrogens with one attached hydrogen (secondary N) is 1. The zero-order chi connectivity index (χ0) is 14.5. The number of aromatic hydroxyl groups is 1.